The summed E-state index contributed by atoms with van der Waals surface area (Å²) in [6.45, 7) is 0. The molecule has 2 rings (SSSR count). The first-order chi connectivity index (χ1) is 6.68. The number of benzene rings is 1. The Morgan fingerprint density at radius 1 is 1.36 bits per heavy atom. The zero-order valence-corrected chi connectivity index (χ0v) is 7.99. The summed E-state index contributed by atoms with van der Waals surface area (Å²) in [6, 6.07) is 6.84. The SMILES string of the molecule is O=S(=O)=C1CC(O)c2ccccc2O1. The lowest BCUT2D eigenvalue weighted by molar-refractivity contribution is 0.171. The fourth-order valence-corrected chi connectivity index (χ4v) is 1.83. The molecule has 0 aliphatic carbocycles. The van der Waals surface area contributed by atoms with Gasteiger partial charge in [0.15, 0.2) is 0 Å². The van der Waals surface area contributed by atoms with Crippen LogP contribution in [-0.2, 0) is 10.3 Å². The van der Waals surface area contributed by atoms with Gasteiger partial charge in [-0.25, -0.2) is 0 Å². The Balaban J connectivity index is 2.54. The first-order valence-corrected chi connectivity index (χ1v) is 5.16. The van der Waals surface area contributed by atoms with Crippen LogP contribution in [-0.4, -0.2) is 18.6 Å². The van der Waals surface area contributed by atoms with Gasteiger partial charge in [0.25, 0.3) is 10.3 Å². The van der Waals surface area contributed by atoms with Crippen molar-refractivity contribution in [1.29, 1.82) is 0 Å². The number of aliphatic hydroxyl groups excluding tert-OH is 1. The molecule has 0 amide bonds. The monoisotopic (exact) mass is 212 g/mol. The topological polar surface area (TPSA) is 63.6 Å². The maximum absolute atomic E-state index is 10.6. The minimum Gasteiger partial charge on any atom is -0.445 e. The molecule has 74 valence electrons. The second kappa shape index (κ2) is 3.43. The van der Waals surface area contributed by atoms with Crippen molar-refractivity contribution in [2.45, 2.75) is 12.5 Å². The largest absolute Gasteiger partial charge is 0.445 e. The molecular weight excluding hydrogens is 204 g/mol. The number of aliphatic hydroxyl groups is 1. The summed E-state index contributed by atoms with van der Waals surface area (Å²) in [5, 5.41) is 9.49. The average molecular weight is 212 g/mol. The second-order valence-corrected chi connectivity index (χ2v) is 3.89. The normalized spacial score (nSPS) is 19.8. The smallest absolute Gasteiger partial charge is 0.253 e. The molecule has 0 saturated heterocycles. The molecule has 4 nitrogen and oxygen atoms in total. The van der Waals surface area contributed by atoms with E-state index in [9.17, 15) is 13.5 Å². The molecule has 1 atom stereocenters. The van der Waals surface area contributed by atoms with Gasteiger partial charge >= 0.3 is 0 Å². The molecule has 0 aromatic heterocycles. The fraction of sp³-hybridized carbons (Fsp3) is 0.222. The number of rotatable bonds is 0. The summed E-state index contributed by atoms with van der Waals surface area (Å²) < 4.78 is 26.4. The summed E-state index contributed by atoms with van der Waals surface area (Å²) in [5.74, 6) is 0.408. The van der Waals surface area contributed by atoms with Crippen LogP contribution in [0.4, 0.5) is 0 Å². The average Bonchev–Trinajstić information content (AvgIpc) is 2.17. The van der Waals surface area contributed by atoms with Gasteiger partial charge < -0.3 is 9.84 Å². The van der Waals surface area contributed by atoms with Crippen LogP contribution in [0.1, 0.15) is 18.1 Å². The Morgan fingerprint density at radius 3 is 2.79 bits per heavy atom. The van der Waals surface area contributed by atoms with Crippen molar-refractivity contribution in [1.82, 2.24) is 0 Å². The van der Waals surface area contributed by atoms with Gasteiger partial charge in [0.1, 0.15) is 5.75 Å². The van der Waals surface area contributed by atoms with Crippen LogP contribution in [0.2, 0.25) is 0 Å². The van der Waals surface area contributed by atoms with Crippen LogP contribution in [0.3, 0.4) is 0 Å². The number of hydrogen-bond acceptors (Lipinski definition) is 4. The fourth-order valence-electron chi connectivity index (χ4n) is 1.38. The molecule has 1 unspecified atom stereocenters. The van der Waals surface area contributed by atoms with E-state index in [2.05, 4.69) is 0 Å². The highest BCUT2D eigenvalue weighted by molar-refractivity contribution is 7.72. The molecule has 0 fully saturated rings. The maximum Gasteiger partial charge on any atom is 0.253 e. The molecule has 14 heavy (non-hydrogen) atoms. The summed E-state index contributed by atoms with van der Waals surface area (Å²) >= 11 is 0. The lowest BCUT2D eigenvalue weighted by Gasteiger charge is -2.21. The van der Waals surface area contributed by atoms with E-state index < -0.39 is 16.4 Å². The Hall–Kier alpha value is -1.33. The van der Waals surface area contributed by atoms with E-state index in [-0.39, 0.29) is 11.5 Å². The van der Waals surface area contributed by atoms with Crippen molar-refractivity contribution in [3.63, 3.8) is 0 Å². The van der Waals surface area contributed by atoms with Gasteiger partial charge in [-0.3, -0.25) is 0 Å². The van der Waals surface area contributed by atoms with E-state index in [4.69, 9.17) is 4.74 Å². The molecule has 0 spiro atoms. The van der Waals surface area contributed by atoms with Crippen molar-refractivity contribution in [3.8, 4) is 5.75 Å². The molecule has 0 radical (unpaired) electrons. The number of hydrogen-bond donors (Lipinski definition) is 1. The zero-order chi connectivity index (χ0) is 10.1. The first-order valence-electron chi connectivity index (χ1n) is 4.08. The van der Waals surface area contributed by atoms with E-state index in [0.29, 0.717) is 11.3 Å². The Labute approximate surface area is 82.3 Å². The molecule has 1 N–H and O–H groups in total. The second-order valence-electron chi connectivity index (χ2n) is 2.97. The van der Waals surface area contributed by atoms with E-state index in [1.807, 2.05) is 0 Å². The van der Waals surface area contributed by atoms with E-state index in [1.165, 1.54) is 0 Å². The standard InChI is InChI=1S/C9H8O4S/c10-7-5-9(14(11)12)13-8-4-2-1-3-6(7)8/h1-4,7,10H,5H2. The van der Waals surface area contributed by atoms with Crippen molar-refractivity contribution < 1.29 is 18.3 Å². The minimum atomic E-state index is -2.40. The van der Waals surface area contributed by atoms with Crippen LogP contribution < -0.4 is 4.74 Å². The van der Waals surface area contributed by atoms with Gasteiger partial charge in [-0.2, -0.15) is 8.42 Å². The molecule has 1 aromatic rings. The number of ether oxygens (including phenoxy) is 1. The molecule has 5 heteroatoms. The molecule has 0 saturated carbocycles. The van der Waals surface area contributed by atoms with E-state index in [1.54, 1.807) is 24.3 Å². The lowest BCUT2D eigenvalue weighted by Crippen LogP contribution is -2.20. The van der Waals surface area contributed by atoms with Crippen LogP contribution >= 0.6 is 0 Å². The summed E-state index contributed by atoms with van der Waals surface area (Å²) in [5.41, 5.74) is 0.627. The lowest BCUT2D eigenvalue weighted by atomic mass is 10.0. The minimum absolute atomic E-state index is 0.00707. The maximum atomic E-state index is 10.6. The molecule has 1 heterocycles. The van der Waals surface area contributed by atoms with E-state index >= 15 is 0 Å². The predicted octanol–water partition coefficient (Wildman–Crippen LogP) is 0.512. The van der Waals surface area contributed by atoms with Gasteiger partial charge in [-0.05, 0) is 6.07 Å². The van der Waals surface area contributed by atoms with Crippen LogP contribution in [0.5, 0.6) is 5.75 Å². The highest BCUT2D eigenvalue weighted by Gasteiger charge is 2.24. The van der Waals surface area contributed by atoms with Gasteiger partial charge in [-0.15, -0.1) is 0 Å². The third-order valence-corrected chi connectivity index (χ3v) is 2.67. The third kappa shape index (κ3) is 1.51. The van der Waals surface area contributed by atoms with E-state index in [0.717, 1.165) is 0 Å². The molecule has 1 aromatic carbocycles. The molecule has 1 aliphatic rings. The predicted molar refractivity (Wildman–Crippen MR) is 50.6 cm³/mol. The van der Waals surface area contributed by atoms with Gasteiger partial charge in [0, 0.05) is 5.56 Å². The van der Waals surface area contributed by atoms with Gasteiger partial charge in [-0.1, -0.05) is 18.2 Å². The first kappa shape index (κ1) is 9.23. The number of para-hydroxylation sites is 1. The quantitative estimate of drug-likeness (QED) is 0.636. The summed E-state index contributed by atoms with van der Waals surface area (Å²) in [6.07, 6.45) is -0.791. The summed E-state index contributed by atoms with van der Waals surface area (Å²) in [7, 11) is -2.40. The molecule has 1 aliphatic heterocycles. The van der Waals surface area contributed by atoms with Crippen molar-refractivity contribution >= 4 is 15.3 Å². The Kier molecular flexibility index (Phi) is 2.26. The highest BCUT2D eigenvalue weighted by Crippen LogP contribution is 2.31. The van der Waals surface area contributed by atoms with Gasteiger partial charge in [0.2, 0.25) is 5.05 Å². The zero-order valence-electron chi connectivity index (χ0n) is 7.17. The Morgan fingerprint density at radius 2 is 2.07 bits per heavy atom. The van der Waals surface area contributed by atoms with Crippen LogP contribution in [0.15, 0.2) is 24.3 Å². The van der Waals surface area contributed by atoms with Crippen LogP contribution in [0, 0.1) is 0 Å². The van der Waals surface area contributed by atoms with Crippen molar-refractivity contribution in [2.75, 3.05) is 0 Å². The molecule has 0 bridgehead atoms. The van der Waals surface area contributed by atoms with Crippen LogP contribution in [0.25, 0.3) is 0 Å². The highest BCUT2D eigenvalue weighted by atomic mass is 32.2. The molecular formula is C9H8O4S. The number of fused-ring (bicyclic) bond motifs is 1. The van der Waals surface area contributed by atoms with Crippen molar-refractivity contribution in [2.24, 2.45) is 0 Å². The summed E-state index contributed by atoms with van der Waals surface area (Å²) in [4.78, 5) is 0. The van der Waals surface area contributed by atoms with Crippen molar-refractivity contribution in [3.05, 3.63) is 29.8 Å². The Bertz CT molecular complexity index is 481. The van der Waals surface area contributed by atoms with Gasteiger partial charge in [0.05, 0.1) is 12.5 Å². The third-order valence-electron chi connectivity index (χ3n) is 2.05.